The van der Waals surface area contributed by atoms with Crippen molar-refractivity contribution in [2.75, 3.05) is 14.1 Å². The Balaban J connectivity index is 4.86. The number of carbonyl (C=O) groups excluding carboxylic acids is 1. The van der Waals surface area contributed by atoms with Crippen LogP contribution >= 0.6 is 41.3 Å². The molecule has 0 aliphatic rings. The minimum atomic E-state index is -4.02. The molecule has 0 fully saturated rings. The van der Waals surface area contributed by atoms with E-state index in [4.69, 9.17) is 34.8 Å². The van der Waals surface area contributed by atoms with E-state index in [1.807, 2.05) is 0 Å². The Kier molecular flexibility index (Phi) is 5.61. The molecule has 0 rings (SSSR count). The highest BCUT2D eigenvalue weighted by Gasteiger charge is 2.45. The molecule has 15 heavy (non-hydrogen) atoms. The van der Waals surface area contributed by atoms with E-state index in [-0.39, 0.29) is 0 Å². The van der Waals surface area contributed by atoms with Gasteiger partial charge in [-0.1, -0.05) is 34.8 Å². The Hall–Kier alpha value is 0.710. The van der Waals surface area contributed by atoms with Crippen LogP contribution in [-0.4, -0.2) is 44.5 Å². The van der Waals surface area contributed by atoms with Gasteiger partial charge in [-0.05, 0) is 11.8 Å². The number of halogens is 3. The molecule has 0 heterocycles. The predicted octanol–water partition coefficient (Wildman–Crippen LogP) is 1.67. The lowest BCUT2D eigenvalue weighted by Gasteiger charge is -2.28. The minimum absolute atomic E-state index is 0.886. The molecule has 0 saturated carbocycles. The molecule has 10 heteroatoms. The van der Waals surface area contributed by atoms with Crippen molar-refractivity contribution in [3.05, 3.63) is 0 Å². The van der Waals surface area contributed by atoms with E-state index in [9.17, 15) is 14.6 Å². The maximum Gasteiger partial charge on any atom is 0.410 e. The topological polar surface area (TPSA) is 70.0 Å². The van der Waals surface area contributed by atoms with Gasteiger partial charge >= 0.3 is 6.09 Å². The Morgan fingerprint density at radius 1 is 1.47 bits per heavy atom. The van der Waals surface area contributed by atoms with Crippen LogP contribution in [0.4, 0.5) is 4.79 Å². The summed E-state index contributed by atoms with van der Waals surface area (Å²) in [6.07, 6.45) is -0.886. The second-order valence-corrected chi connectivity index (χ2v) is 8.39. The highest BCUT2D eigenvalue weighted by Crippen LogP contribution is 2.53. The standard InChI is InChI=1S/C5H9Cl3NO4PS/c1-9(2)4(10)13-3(5(6,7)8)14(11,12)15/h3H,1-2H3,(H2,11,12,15)/t3-/m0/s1. The van der Waals surface area contributed by atoms with Crippen LogP contribution in [-0.2, 0) is 16.5 Å². The molecule has 1 amide bonds. The van der Waals surface area contributed by atoms with Crippen molar-refractivity contribution in [3.8, 4) is 0 Å². The zero-order valence-electron chi connectivity index (χ0n) is 7.72. The average Bonchev–Trinajstić information content (AvgIpc) is 1.94. The monoisotopic (exact) mass is 315 g/mol. The highest BCUT2D eigenvalue weighted by molar-refractivity contribution is 8.09. The Morgan fingerprint density at radius 2 is 1.87 bits per heavy atom. The number of hydrogen-bond acceptors (Lipinski definition) is 3. The molecule has 0 aromatic heterocycles. The van der Waals surface area contributed by atoms with Crippen LogP contribution in [0.15, 0.2) is 0 Å². The molecule has 0 bridgehead atoms. The second-order valence-electron chi connectivity index (χ2n) is 2.76. The smallest absolute Gasteiger partial charge is 0.410 e. The summed E-state index contributed by atoms with van der Waals surface area (Å²) >= 11 is 20.6. The number of rotatable bonds is 2. The van der Waals surface area contributed by atoms with E-state index in [0.717, 1.165) is 4.90 Å². The van der Waals surface area contributed by atoms with Crippen LogP contribution in [0.1, 0.15) is 0 Å². The van der Waals surface area contributed by atoms with Gasteiger partial charge in [0.2, 0.25) is 16.1 Å². The molecular formula is C5H9Cl3NO4PS. The van der Waals surface area contributed by atoms with E-state index in [0.29, 0.717) is 0 Å². The third-order valence-corrected chi connectivity index (χ3v) is 3.89. The number of nitrogens with zero attached hydrogens (tertiary/aromatic N) is 1. The van der Waals surface area contributed by atoms with E-state index in [2.05, 4.69) is 16.5 Å². The van der Waals surface area contributed by atoms with Crippen molar-refractivity contribution in [1.29, 1.82) is 0 Å². The fraction of sp³-hybridized carbons (Fsp3) is 0.800. The predicted molar refractivity (Wildman–Crippen MR) is 63.0 cm³/mol. The molecule has 2 N–H and O–H groups in total. The summed E-state index contributed by atoms with van der Waals surface area (Å²) in [4.78, 5) is 30.5. The number of hydrogen-bond donors (Lipinski definition) is 2. The number of amides is 1. The molecule has 0 radical (unpaired) electrons. The van der Waals surface area contributed by atoms with E-state index in [1.165, 1.54) is 14.1 Å². The maximum atomic E-state index is 11.1. The van der Waals surface area contributed by atoms with Gasteiger partial charge < -0.3 is 19.4 Å². The van der Waals surface area contributed by atoms with Gasteiger partial charge in [-0.15, -0.1) is 0 Å². The second kappa shape index (κ2) is 5.36. The third kappa shape index (κ3) is 5.54. The average molecular weight is 317 g/mol. The summed E-state index contributed by atoms with van der Waals surface area (Å²) in [5.41, 5.74) is 0. The van der Waals surface area contributed by atoms with Crippen molar-refractivity contribution in [1.82, 2.24) is 4.90 Å². The van der Waals surface area contributed by atoms with Gasteiger partial charge in [-0.3, -0.25) is 0 Å². The normalized spacial score (nSPS) is 14.6. The lowest BCUT2D eigenvalue weighted by Crippen LogP contribution is -2.35. The molecule has 0 spiro atoms. The van der Waals surface area contributed by atoms with E-state index >= 15 is 0 Å². The minimum Gasteiger partial charge on any atom is -0.431 e. The first kappa shape index (κ1) is 15.7. The van der Waals surface area contributed by atoms with Gasteiger partial charge in [0.15, 0.2) is 0 Å². The maximum absolute atomic E-state index is 11.1. The lowest BCUT2D eigenvalue weighted by molar-refractivity contribution is 0.100. The van der Waals surface area contributed by atoms with Crippen LogP contribution in [0.5, 0.6) is 0 Å². The first-order valence-electron chi connectivity index (χ1n) is 3.46. The van der Waals surface area contributed by atoms with Crippen molar-refractivity contribution in [2.24, 2.45) is 0 Å². The molecule has 0 aromatic carbocycles. The number of ether oxygens (including phenoxy) is 1. The van der Waals surface area contributed by atoms with Crippen molar-refractivity contribution < 1.29 is 19.3 Å². The molecular weight excluding hydrogens is 307 g/mol. The highest BCUT2D eigenvalue weighted by atomic mass is 35.6. The molecule has 5 nitrogen and oxygen atoms in total. The molecule has 0 aromatic rings. The Bertz CT molecular complexity index is 288. The van der Waals surface area contributed by atoms with Crippen LogP contribution < -0.4 is 0 Å². The quantitative estimate of drug-likeness (QED) is 0.599. The van der Waals surface area contributed by atoms with E-state index in [1.54, 1.807) is 0 Å². The Labute approximate surface area is 107 Å². The van der Waals surface area contributed by atoms with Gasteiger partial charge in [-0.2, -0.15) is 0 Å². The largest absolute Gasteiger partial charge is 0.431 e. The van der Waals surface area contributed by atoms with Crippen LogP contribution in [0.2, 0.25) is 0 Å². The lowest BCUT2D eigenvalue weighted by atomic mass is 10.8. The van der Waals surface area contributed by atoms with E-state index < -0.39 is 22.2 Å². The molecule has 1 atom stereocenters. The summed E-state index contributed by atoms with van der Waals surface area (Å²) in [5.74, 6) is -1.76. The molecule has 0 aliphatic heterocycles. The van der Waals surface area contributed by atoms with Gasteiger partial charge in [0.05, 0.1) is 0 Å². The summed E-state index contributed by atoms with van der Waals surface area (Å²) in [6, 6.07) is 0. The fourth-order valence-electron chi connectivity index (χ4n) is 0.527. The van der Waals surface area contributed by atoms with Gasteiger partial charge in [0.1, 0.15) is 0 Å². The van der Waals surface area contributed by atoms with Crippen LogP contribution in [0, 0.1) is 0 Å². The summed E-state index contributed by atoms with van der Waals surface area (Å²) in [7, 11) is 2.77. The van der Waals surface area contributed by atoms with Crippen molar-refractivity contribution >= 4 is 59.2 Å². The van der Waals surface area contributed by atoms with Crippen molar-refractivity contribution in [3.63, 3.8) is 0 Å². The summed E-state index contributed by atoms with van der Waals surface area (Å²) in [5, 5.41) is 0. The number of alkyl halides is 3. The Morgan fingerprint density at radius 3 is 2.07 bits per heavy atom. The van der Waals surface area contributed by atoms with Crippen LogP contribution in [0.3, 0.4) is 0 Å². The SMILES string of the molecule is CN(C)C(=O)O[C@H](C(Cl)(Cl)Cl)P(O)(O)=S. The zero-order valence-corrected chi connectivity index (χ0v) is 11.7. The fourth-order valence-corrected chi connectivity index (χ4v) is 3.62. The summed E-state index contributed by atoms with van der Waals surface area (Å²) < 4.78 is 2.39. The van der Waals surface area contributed by atoms with Gasteiger partial charge in [0.25, 0.3) is 0 Å². The van der Waals surface area contributed by atoms with Crippen molar-refractivity contribution in [2.45, 2.75) is 9.64 Å². The zero-order chi connectivity index (χ0) is 12.4. The third-order valence-electron chi connectivity index (χ3n) is 1.16. The first-order chi connectivity index (χ1) is 6.46. The molecule has 0 saturated heterocycles. The van der Waals surface area contributed by atoms with Crippen LogP contribution in [0.25, 0.3) is 0 Å². The first-order valence-corrected chi connectivity index (χ1v) is 7.37. The molecule has 90 valence electrons. The summed E-state index contributed by atoms with van der Waals surface area (Å²) in [6.45, 7) is -4.02. The molecule has 0 unspecified atom stereocenters. The van der Waals surface area contributed by atoms with Gasteiger partial charge in [0, 0.05) is 14.1 Å². The number of carbonyl (C=O) groups is 1. The van der Waals surface area contributed by atoms with Gasteiger partial charge in [-0.25, -0.2) is 4.79 Å². The molecule has 0 aliphatic carbocycles.